The highest BCUT2D eigenvalue weighted by molar-refractivity contribution is 6.30. The fourth-order valence-electron chi connectivity index (χ4n) is 3.23. The molecule has 0 N–H and O–H groups in total. The number of hydrogen-bond donors (Lipinski definition) is 0. The second-order valence-electron chi connectivity index (χ2n) is 7.49. The molecule has 3 rings (SSSR count). The first kappa shape index (κ1) is 19.3. The first-order chi connectivity index (χ1) is 12.8. The third-order valence-electron chi connectivity index (χ3n) is 4.25. The van der Waals surface area contributed by atoms with E-state index in [9.17, 15) is 4.79 Å². The predicted octanol–water partition coefficient (Wildman–Crippen LogP) is 5.74. The predicted molar refractivity (Wildman–Crippen MR) is 107 cm³/mol. The minimum atomic E-state index is -0.576. The Balaban J connectivity index is 2.07. The van der Waals surface area contributed by atoms with Crippen LogP contribution in [0.2, 0.25) is 5.02 Å². The lowest BCUT2D eigenvalue weighted by Crippen LogP contribution is -2.36. The van der Waals surface area contributed by atoms with E-state index in [4.69, 9.17) is 21.1 Å². The second-order valence-corrected chi connectivity index (χ2v) is 7.93. The summed E-state index contributed by atoms with van der Waals surface area (Å²) in [4.78, 5) is 14.7. The molecule has 1 unspecified atom stereocenters. The van der Waals surface area contributed by atoms with E-state index in [2.05, 4.69) is 6.58 Å². The Labute approximate surface area is 165 Å². The van der Waals surface area contributed by atoms with Crippen molar-refractivity contribution in [1.29, 1.82) is 0 Å². The number of carbonyl (C=O) groups is 1. The molecule has 142 valence electrons. The van der Waals surface area contributed by atoms with Crippen molar-refractivity contribution in [2.24, 2.45) is 0 Å². The number of fused-ring (bicyclic) bond motifs is 1. The molecule has 1 aliphatic rings. The summed E-state index contributed by atoms with van der Waals surface area (Å²) in [7, 11) is 0. The highest BCUT2D eigenvalue weighted by Gasteiger charge is 2.38. The Morgan fingerprint density at radius 2 is 2.00 bits per heavy atom. The molecule has 0 spiro atoms. The number of ether oxygens (including phenoxy) is 2. The molecule has 2 aromatic carbocycles. The summed E-state index contributed by atoms with van der Waals surface area (Å²) >= 11 is 6.28. The van der Waals surface area contributed by atoms with Crippen LogP contribution < -0.4 is 4.74 Å². The molecule has 0 aromatic heterocycles. The van der Waals surface area contributed by atoms with Gasteiger partial charge in [-0.25, -0.2) is 4.79 Å². The molecule has 5 heteroatoms. The highest BCUT2D eigenvalue weighted by Crippen LogP contribution is 2.43. The van der Waals surface area contributed by atoms with Gasteiger partial charge in [0.05, 0.1) is 12.6 Å². The number of halogens is 1. The smallest absolute Gasteiger partial charge is 0.411 e. The molecule has 1 amide bonds. The molecule has 0 saturated carbocycles. The van der Waals surface area contributed by atoms with Crippen LogP contribution in [0.1, 0.15) is 43.5 Å². The molecule has 27 heavy (non-hydrogen) atoms. The Morgan fingerprint density at radius 1 is 1.26 bits per heavy atom. The SMILES string of the molecule is C=CCOc1ccc(Cl)cc1C1c2ccccc2CN1C(=O)OC(C)(C)C. The molecular weight excluding hydrogens is 362 g/mol. The van der Waals surface area contributed by atoms with Gasteiger partial charge in [-0.05, 0) is 50.1 Å². The minimum Gasteiger partial charge on any atom is -0.489 e. The fourth-order valence-corrected chi connectivity index (χ4v) is 3.41. The Kier molecular flexibility index (Phi) is 5.47. The standard InChI is InChI=1S/C22H24ClNO3/c1-5-12-26-19-11-10-16(23)13-18(19)20-17-9-7-6-8-15(17)14-24(20)21(25)27-22(2,3)4/h5-11,13,20H,1,12,14H2,2-4H3. The molecule has 0 bridgehead atoms. The van der Waals surface area contributed by atoms with Gasteiger partial charge in [-0.3, -0.25) is 4.90 Å². The maximum atomic E-state index is 12.9. The van der Waals surface area contributed by atoms with E-state index in [1.807, 2.05) is 57.2 Å². The summed E-state index contributed by atoms with van der Waals surface area (Å²) in [5, 5.41) is 0.587. The molecular formula is C22H24ClNO3. The molecule has 2 aromatic rings. The normalized spacial score (nSPS) is 16.0. The van der Waals surface area contributed by atoms with Crippen LogP contribution in [0.25, 0.3) is 0 Å². The van der Waals surface area contributed by atoms with E-state index in [1.165, 1.54) is 0 Å². The fraction of sp³-hybridized carbons (Fsp3) is 0.318. The van der Waals surface area contributed by atoms with Gasteiger partial charge in [0.2, 0.25) is 0 Å². The third kappa shape index (κ3) is 4.28. The van der Waals surface area contributed by atoms with Crippen molar-refractivity contribution in [3.8, 4) is 5.75 Å². The van der Waals surface area contributed by atoms with Crippen LogP contribution in [0, 0.1) is 0 Å². The van der Waals surface area contributed by atoms with Crippen molar-refractivity contribution >= 4 is 17.7 Å². The third-order valence-corrected chi connectivity index (χ3v) is 4.49. The second kappa shape index (κ2) is 7.65. The maximum Gasteiger partial charge on any atom is 0.411 e. The van der Waals surface area contributed by atoms with Crippen LogP contribution in [0.3, 0.4) is 0 Å². The molecule has 0 aliphatic carbocycles. The zero-order chi connectivity index (χ0) is 19.6. The summed E-state index contributed by atoms with van der Waals surface area (Å²) in [6.07, 6.45) is 1.32. The number of hydrogen-bond acceptors (Lipinski definition) is 3. The van der Waals surface area contributed by atoms with E-state index in [0.717, 1.165) is 16.7 Å². The van der Waals surface area contributed by atoms with Crippen LogP contribution >= 0.6 is 11.6 Å². The molecule has 0 radical (unpaired) electrons. The van der Waals surface area contributed by atoms with Gasteiger partial charge in [0, 0.05) is 10.6 Å². The zero-order valence-corrected chi connectivity index (χ0v) is 16.6. The van der Waals surface area contributed by atoms with Crippen molar-refractivity contribution < 1.29 is 14.3 Å². The van der Waals surface area contributed by atoms with Crippen molar-refractivity contribution in [2.45, 2.75) is 39.0 Å². The number of amides is 1. The van der Waals surface area contributed by atoms with Gasteiger partial charge in [-0.2, -0.15) is 0 Å². The minimum absolute atomic E-state index is 0.324. The van der Waals surface area contributed by atoms with Crippen LogP contribution in [-0.2, 0) is 11.3 Å². The summed E-state index contributed by atoms with van der Waals surface area (Å²) < 4.78 is 11.5. The van der Waals surface area contributed by atoms with E-state index in [0.29, 0.717) is 23.9 Å². The Hall–Kier alpha value is -2.46. The van der Waals surface area contributed by atoms with Crippen molar-refractivity contribution in [3.05, 3.63) is 76.8 Å². The van der Waals surface area contributed by atoms with Crippen LogP contribution in [0.15, 0.2) is 55.1 Å². The lowest BCUT2D eigenvalue weighted by Gasteiger charge is -2.30. The molecule has 0 fully saturated rings. The Morgan fingerprint density at radius 3 is 2.70 bits per heavy atom. The summed E-state index contributed by atoms with van der Waals surface area (Å²) in [5.74, 6) is 0.676. The van der Waals surface area contributed by atoms with Crippen molar-refractivity contribution in [3.63, 3.8) is 0 Å². The number of rotatable bonds is 4. The highest BCUT2D eigenvalue weighted by atomic mass is 35.5. The number of carbonyl (C=O) groups excluding carboxylic acids is 1. The van der Waals surface area contributed by atoms with Gasteiger partial charge >= 0.3 is 6.09 Å². The van der Waals surface area contributed by atoms with Gasteiger partial charge in [0.1, 0.15) is 18.0 Å². The molecule has 1 atom stereocenters. The maximum absolute atomic E-state index is 12.9. The number of nitrogens with zero attached hydrogens (tertiary/aromatic N) is 1. The quantitative estimate of drug-likeness (QED) is 0.629. The van der Waals surface area contributed by atoms with E-state index >= 15 is 0 Å². The van der Waals surface area contributed by atoms with Gasteiger partial charge in [-0.1, -0.05) is 48.5 Å². The lowest BCUT2D eigenvalue weighted by atomic mass is 9.97. The van der Waals surface area contributed by atoms with Crippen LogP contribution in [0.5, 0.6) is 5.75 Å². The Bertz CT molecular complexity index is 857. The van der Waals surface area contributed by atoms with Crippen molar-refractivity contribution in [1.82, 2.24) is 4.90 Å². The first-order valence-corrected chi connectivity index (χ1v) is 9.28. The van der Waals surface area contributed by atoms with Crippen LogP contribution in [-0.4, -0.2) is 23.2 Å². The zero-order valence-electron chi connectivity index (χ0n) is 15.9. The van der Waals surface area contributed by atoms with Crippen LogP contribution in [0.4, 0.5) is 4.79 Å². The van der Waals surface area contributed by atoms with E-state index in [1.54, 1.807) is 17.0 Å². The summed E-state index contributed by atoms with van der Waals surface area (Å²) in [5.41, 5.74) is 2.39. The number of benzene rings is 2. The molecule has 1 aliphatic heterocycles. The largest absolute Gasteiger partial charge is 0.489 e. The van der Waals surface area contributed by atoms with Gasteiger partial charge in [-0.15, -0.1) is 0 Å². The average molecular weight is 386 g/mol. The van der Waals surface area contributed by atoms with E-state index < -0.39 is 5.60 Å². The van der Waals surface area contributed by atoms with Gasteiger partial charge in [0.15, 0.2) is 0 Å². The monoisotopic (exact) mass is 385 g/mol. The average Bonchev–Trinajstić information content (AvgIpc) is 2.99. The molecule has 1 heterocycles. The van der Waals surface area contributed by atoms with Gasteiger partial charge in [0.25, 0.3) is 0 Å². The first-order valence-electron chi connectivity index (χ1n) is 8.90. The van der Waals surface area contributed by atoms with Crippen molar-refractivity contribution in [2.75, 3.05) is 6.61 Å². The summed E-state index contributed by atoms with van der Waals surface area (Å²) in [6, 6.07) is 13.1. The molecule has 0 saturated heterocycles. The van der Waals surface area contributed by atoms with Gasteiger partial charge < -0.3 is 9.47 Å². The molecule has 4 nitrogen and oxygen atoms in total. The summed E-state index contributed by atoms with van der Waals surface area (Å²) in [6.45, 7) is 10.1. The lowest BCUT2D eigenvalue weighted by molar-refractivity contribution is 0.0201. The topological polar surface area (TPSA) is 38.8 Å². The van der Waals surface area contributed by atoms with E-state index in [-0.39, 0.29) is 12.1 Å².